The average molecular weight is 215 g/mol. The molecule has 1 aliphatic carbocycles. The van der Waals surface area contributed by atoms with Crippen LogP contribution < -0.4 is 0 Å². The Balaban J connectivity index is 1.86. The summed E-state index contributed by atoms with van der Waals surface area (Å²) in [6.45, 7) is 2.49. The van der Waals surface area contributed by atoms with Gasteiger partial charge in [0.1, 0.15) is 6.61 Å². The fraction of sp³-hybridized carbons (Fsp3) is 0.909. The second kappa shape index (κ2) is 6.80. The molecule has 0 amide bonds. The molecule has 0 saturated heterocycles. The van der Waals surface area contributed by atoms with E-state index < -0.39 is 0 Å². The number of ether oxygens (including phenoxy) is 2. The first-order valence-corrected chi connectivity index (χ1v) is 5.59. The molecule has 0 spiro atoms. The van der Waals surface area contributed by atoms with Gasteiger partial charge in [-0.1, -0.05) is 6.42 Å². The summed E-state index contributed by atoms with van der Waals surface area (Å²) in [6, 6.07) is 0. The van der Waals surface area contributed by atoms with Crippen LogP contribution in [0.3, 0.4) is 0 Å². The van der Waals surface area contributed by atoms with Gasteiger partial charge in [0.2, 0.25) is 0 Å². The Morgan fingerprint density at radius 3 is 2.53 bits per heavy atom. The van der Waals surface area contributed by atoms with Gasteiger partial charge in [-0.15, -0.1) is 0 Å². The number of rotatable bonds is 7. The molecule has 0 atom stereocenters. The molecular weight excluding hydrogens is 194 g/mol. The maximum atomic E-state index is 11.3. The lowest BCUT2D eigenvalue weighted by molar-refractivity contribution is -0.152. The van der Waals surface area contributed by atoms with Gasteiger partial charge in [0, 0.05) is 6.54 Å². The highest BCUT2D eigenvalue weighted by atomic mass is 16.6. The van der Waals surface area contributed by atoms with Crippen molar-refractivity contribution in [3.63, 3.8) is 0 Å². The predicted molar refractivity (Wildman–Crippen MR) is 57.7 cm³/mol. The molecule has 0 bridgehead atoms. The molecule has 1 fully saturated rings. The molecule has 1 rings (SSSR count). The lowest BCUT2D eigenvalue weighted by atomic mass is 9.86. The number of hydrogen-bond donors (Lipinski definition) is 0. The third kappa shape index (κ3) is 5.14. The van der Waals surface area contributed by atoms with Gasteiger partial charge >= 0.3 is 5.97 Å². The predicted octanol–water partition coefficient (Wildman–Crippen LogP) is 0.908. The SMILES string of the molecule is CN(C)CCOCCOC(=O)C1CCC1. The maximum absolute atomic E-state index is 11.3. The van der Waals surface area contributed by atoms with Crippen molar-refractivity contribution in [3.8, 4) is 0 Å². The van der Waals surface area contributed by atoms with Crippen LogP contribution in [0.4, 0.5) is 0 Å². The van der Waals surface area contributed by atoms with E-state index in [0.29, 0.717) is 19.8 Å². The van der Waals surface area contributed by atoms with Gasteiger partial charge in [0.05, 0.1) is 19.1 Å². The summed E-state index contributed by atoms with van der Waals surface area (Å²) >= 11 is 0. The van der Waals surface area contributed by atoms with E-state index in [1.807, 2.05) is 14.1 Å². The van der Waals surface area contributed by atoms with Crippen LogP contribution >= 0.6 is 0 Å². The minimum atomic E-state index is -0.0440. The molecule has 1 aliphatic rings. The lowest BCUT2D eigenvalue weighted by Gasteiger charge is -2.23. The van der Waals surface area contributed by atoms with Gasteiger partial charge in [-0.25, -0.2) is 0 Å². The first kappa shape index (κ1) is 12.5. The standard InChI is InChI=1S/C11H21NO3/c1-12(2)6-7-14-8-9-15-11(13)10-4-3-5-10/h10H,3-9H2,1-2H3. The van der Waals surface area contributed by atoms with E-state index in [1.165, 1.54) is 6.42 Å². The second-order valence-corrected chi connectivity index (χ2v) is 4.21. The number of hydrogen-bond acceptors (Lipinski definition) is 4. The minimum Gasteiger partial charge on any atom is -0.463 e. The minimum absolute atomic E-state index is 0.0440. The van der Waals surface area contributed by atoms with Crippen LogP contribution in [0.1, 0.15) is 19.3 Å². The van der Waals surface area contributed by atoms with Crippen LogP contribution in [0, 0.1) is 5.92 Å². The van der Waals surface area contributed by atoms with Crippen LogP contribution in [0.25, 0.3) is 0 Å². The summed E-state index contributed by atoms with van der Waals surface area (Å²) in [6.07, 6.45) is 3.17. The first-order chi connectivity index (χ1) is 7.20. The number of carbonyl (C=O) groups excluding carboxylic acids is 1. The van der Waals surface area contributed by atoms with Gasteiger partial charge in [-0.2, -0.15) is 0 Å². The normalized spacial score (nSPS) is 16.5. The summed E-state index contributed by atoms with van der Waals surface area (Å²) in [7, 11) is 4.00. The zero-order valence-corrected chi connectivity index (χ0v) is 9.70. The molecule has 0 aromatic rings. The number of carbonyl (C=O) groups is 1. The van der Waals surface area contributed by atoms with Crippen molar-refractivity contribution in [1.29, 1.82) is 0 Å². The molecule has 0 aromatic heterocycles. The Morgan fingerprint density at radius 2 is 2.00 bits per heavy atom. The third-order valence-electron chi connectivity index (χ3n) is 2.59. The quantitative estimate of drug-likeness (QED) is 0.467. The molecule has 0 radical (unpaired) electrons. The highest BCUT2D eigenvalue weighted by Gasteiger charge is 2.26. The van der Waals surface area contributed by atoms with Crippen molar-refractivity contribution in [2.45, 2.75) is 19.3 Å². The molecule has 15 heavy (non-hydrogen) atoms. The molecule has 1 saturated carbocycles. The van der Waals surface area contributed by atoms with Crippen LogP contribution in [0.2, 0.25) is 0 Å². The summed E-state index contributed by atoms with van der Waals surface area (Å²) in [5, 5.41) is 0. The smallest absolute Gasteiger partial charge is 0.309 e. The monoisotopic (exact) mass is 215 g/mol. The van der Waals surface area contributed by atoms with Crippen LogP contribution in [-0.4, -0.2) is 51.3 Å². The Kier molecular flexibility index (Phi) is 5.65. The second-order valence-electron chi connectivity index (χ2n) is 4.21. The van der Waals surface area contributed by atoms with Gasteiger partial charge in [-0.3, -0.25) is 4.79 Å². The van der Waals surface area contributed by atoms with E-state index >= 15 is 0 Å². The Hall–Kier alpha value is -0.610. The largest absolute Gasteiger partial charge is 0.463 e. The van der Waals surface area contributed by atoms with E-state index in [1.54, 1.807) is 0 Å². The highest BCUT2D eigenvalue weighted by molar-refractivity contribution is 5.73. The van der Waals surface area contributed by atoms with E-state index in [9.17, 15) is 4.79 Å². The van der Waals surface area contributed by atoms with E-state index in [-0.39, 0.29) is 11.9 Å². The number of nitrogens with zero attached hydrogens (tertiary/aromatic N) is 1. The van der Waals surface area contributed by atoms with Crippen molar-refractivity contribution >= 4 is 5.97 Å². The Labute approximate surface area is 91.5 Å². The van der Waals surface area contributed by atoms with Crippen molar-refractivity contribution in [2.75, 3.05) is 40.5 Å². The number of likely N-dealkylation sites (N-methyl/N-ethyl adjacent to an activating group) is 1. The maximum Gasteiger partial charge on any atom is 0.309 e. The van der Waals surface area contributed by atoms with Crippen molar-refractivity contribution in [1.82, 2.24) is 4.90 Å². The molecule has 0 heterocycles. The van der Waals surface area contributed by atoms with Crippen LogP contribution in [0.5, 0.6) is 0 Å². The van der Waals surface area contributed by atoms with Crippen LogP contribution in [-0.2, 0) is 14.3 Å². The van der Waals surface area contributed by atoms with Gasteiger partial charge < -0.3 is 14.4 Å². The molecule has 0 N–H and O–H groups in total. The third-order valence-corrected chi connectivity index (χ3v) is 2.59. The summed E-state index contributed by atoms with van der Waals surface area (Å²) in [5.74, 6) is 0.129. The fourth-order valence-electron chi connectivity index (χ4n) is 1.31. The molecule has 0 unspecified atom stereocenters. The van der Waals surface area contributed by atoms with Crippen LogP contribution in [0.15, 0.2) is 0 Å². The highest BCUT2D eigenvalue weighted by Crippen LogP contribution is 2.27. The van der Waals surface area contributed by atoms with Gasteiger partial charge in [0.15, 0.2) is 0 Å². The van der Waals surface area contributed by atoms with E-state index in [0.717, 1.165) is 19.4 Å². The van der Waals surface area contributed by atoms with Gasteiger partial charge in [0.25, 0.3) is 0 Å². The summed E-state index contributed by atoms with van der Waals surface area (Å²) in [4.78, 5) is 13.3. The Morgan fingerprint density at radius 1 is 1.27 bits per heavy atom. The Bertz CT molecular complexity index is 190. The zero-order chi connectivity index (χ0) is 11.1. The molecule has 0 aromatic carbocycles. The number of esters is 1. The van der Waals surface area contributed by atoms with E-state index in [4.69, 9.17) is 9.47 Å². The van der Waals surface area contributed by atoms with E-state index in [2.05, 4.69) is 4.90 Å². The molecule has 88 valence electrons. The van der Waals surface area contributed by atoms with Crippen molar-refractivity contribution in [3.05, 3.63) is 0 Å². The topological polar surface area (TPSA) is 38.8 Å². The average Bonchev–Trinajstić information content (AvgIpc) is 2.07. The summed E-state index contributed by atoms with van der Waals surface area (Å²) in [5.41, 5.74) is 0. The molecule has 4 heteroatoms. The fourth-order valence-corrected chi connectivity index (χ4v) is 1.31. The van der Waals surface area contributed by atoms with Crippen molar-refractivity contribution in [2.24, 2.45) is 5.92 Å². The molecule has 0 aliphatic heterocycles. The lowest BCUT2D eigenvalue weighted by Crippen LogP contribution is -2.25. The molecular formula is C11H21NO3. The van der Waals surface area contributed by atoms with Gasteiger partial charge in [-0.05, 0) is 26.9 Å². The molecule has 4 nitrogen and oxygen atoms in total. The first-order valence-electron chi connectivity index (χ1n) is 5.59. The summed E-state index contributed by atoms with van der Waals surface area (Å²) < 4.78 is 10.4. The zero-order valence-electron chi connectivity index (χ0n) is 9.70. The van der Waals surface area contributed by atoms with Crippen molar-refractivity contribution < 1.29 is 14.3 Å².